The molecule has 3 aliphatic heterocycles. The average molecular weight is 313 g/mol. The second-order valence-corrected chi connectivity index (χ2v) is 7.40. The lowest BCUT2D eigenvalue weighted by molar-refractivity contribution is 0.123. The van der Waals surface area contributed by atoms with E-state index >= 15 is 0 Å². The van der Waals surface area contributed by atoms with Gasteiger partial charge in [-0.15, -0.1) is 11.3 Å². The molecule has 2 atom stereocenters. The summed E-state index contributed by atoms with van der Waals surface area (Å²) in [5.41, 5.74) is 4.63. The van der Waals surface area contributed by atoms with Crippen molar-refractivity contribution in [1.29, 1.82) is 0 Å². The summed E-state index contributed by atoms with van der Waals surface area (Å²) in [5, 5.41) is 2.19. The molecule has 1 aromatic carbocycles. The van der Waals surface area contributed by atoms with Crippen LogP contribution in [0.5, 0.6) is 0 Å². The van der Waals surface area contributed by atoms with Gasteiger partial charge in [0.2, 0.25) is 0 Å². The Morgan fingerprint density at radius 3 is 2.77 bits per heavy atom. The minimum absolute atomic E-state index is 0.706. The highest BCUT2D eigenvalue weighted by Crippen LogP contribution is 2.29. The molecule has 0 N–H and O–H groups in total. The van der Waals surface area contributed by atoms with Crippen LogP contribution in [-0.2, 0) is 13.1 Å². The van der Waals surface area contributed by atoms with Crippen LogP contribution in [0, 0.1) is 5.92 Å². The molecule has 22 heavy (non-hydrogen) atoms. The zero-order valence-corrected chi connectivity index (χ0v) is 13.7. The van der Waals surface area contributed by atoms with E-state index in [1.807, 2.05) is 5.51 Å². The maximum absolute atomic E-state index is 4.46. The van der Waals surface area contributed by atoms with Crippen LogP contribution >= 0.6 is 11.3 Å². The number of hydrogen-bond donors (Lipinski definition) is 0. The largest absolute Gasteiger partial charge is 0.296 e. The quantitative estimate of drug-likeness (QED) is 0.864. The van der Waals surface area contributed by atoms with E-state index in [-0.39, 0.29) is 0 Å². The van der Waals surface area contributed by atoms with Crippen LogP contribution in [0.1, 0.15) is 24.1 Å². The molecule has 0 aliphatic carbocycles. The van der Waals surface area contributed by atoms with Gasteiger partial charge in [-0.1, -0.05) is 30.3 Å². The van der Waals surface area contributed by atoms with Crippen molar-refractivity contribution in [3.05, 3.63) is 52.5 Å². The Bertz CT molecular complexity index is 584. The first-order chi connectivity index (χ1) is 10.9. The molecule has 2 bridgehead atoms. The monoisotopic (exact) mass is 313 g/mol. The lowest BCUT2D eigenvalue weighted by atomic mass is 9.94. The van der Waals surface area contributed by atoms with Gasteiger partial charge in [0.15, 0.2) is 0 Å². The maximum atomic E-state index is 4.46. The van der Waals surface area contributed by atoms with Gasteiger partial charge in [-0.2, -0.15) is 0 Å². The summed E-state index contributed by atoms with van der Waals surface area (Å²) in [4.78, 5) is 9.80. The molecule has 0 saturated carbocycles. The van der Waals surface area contributed by atoms with E-state index in [1.54, 1.807) is 11.3 Å². The Morgan fingerprint density at radius 1 is 1.05 bits per heavy atom. The molecule has 5 rings (SSSR count). The maximum Gasteiger partial charge on any atom is 0.0795 e. The Hall–Kier alpha value is -1.23. The third kappa shape index (κ3) is 3.24. The lowest BCUT2D eigenvalue weighted by Crippen LogP contribution is -2.43. The van der Waals surface area contributed by atoms with E-state index in [1.165, 1.54) is 43.7 Å². The molecule has 0 radical (unpaired) electrons. The van der Waals surface area contributed by atoms with Gasteiger partial charge in [-0.05, 0) is 24.3 Å². The van der Waals surface area contributed by atoms with Crippen molar-refractivity contribution >= 4 is 11.3 Å². The molecule has 3 nitrogen and oxygen atoms in total. The lowest BCUT2D eigenvalue weighted by Gasteiger charge is -2.36. The van der Waals surface area contributed by atoms with E-state index < -0.39 is 0 Å². The standard InChI is InChI=1S/C18H23N3S/c1-2-4-15(5-3-1)9-21-10-16-6-7-18(21)12-20(8-16)11-17-13-22-14-19-17/h1-5,13-14,16,18H,6-12H2/t16-,18+/m1/s1. The summed E-state index contributed by atoms with van der Waals surface area (Å²) in [6, 6.07) is 11.6. The van der Waals surface area contributed by atoms with Crippen molar-refractivity contribution in [3.63, 3.8) is 0 Å². The average Bonchev–Trinajstić information content (AvgIpc) is 2.89. The molecule has 4 heterocycles. The summed E-state index contributed by atoms with van der Waals surface area (Å²) in [5.74, 6) is 0.820. The minimum Gasteiger partial charge on any atom is -0.296 e. The van der Waals surface area contributed by atoms with Crippen LogP contribution in [0.3, 0.4) is 0 Å². The minimum atomic E-state index is 0.706. The van der Waals surface area contributed by atoms with Crippen molar-refractivity contribution in [2.45, 2.75) is 32.0 Å². The molecule has 0 unspecified atom stereocenters. The SMILES string of the molecule is c1ccc(CN2C[C@@H]3CC[C@H]2CN(Cc2cscn2)C3)cc1. The number of piperidine rings is 1. The van der Waals surface area contributed by atoms with Crippen LogP contribution in [0.15, 0.2) is 41.2 Å². The Morgan fingerprint density at radius 2 is 1.95 bits per heavy atom. The van der Waals surface area contributed by atoms with Crippen molar-refractivity contribution in [2.75, 3.05) is 19.6 Å². The van der Waals surface area contributed by atoms with Crippen LogP contribution < -0.4 is 0 Å². The Kier molecular flexibility index (Phi) is 4.24. The van der Waals surface area contributed by atoms with E-state index in [9.17, 15) is 0 Å². The van der Waals surface area contributed by atoms with Gasteiger partial charge in [0.05, 0.1) is 11.2 Å². The Balaban J connectivity index is 1.44. The first kappa shape index (κ1) is 14.4. The summed E-state index contributed by atoms with van der Waals surface area (Å²) >= 11 is 1.70. The van der Waals surface area contributed by atoms with Gasteiger partial charge in [0.25, 0.3) is 0 Å². The van der Waals surface area contributed by atoms with E-state index in [0.717, 1.165) is 19.0 Å². The van der Waals surface area contributed by atoms with Crippen LogP contribution in [0.2, 0.25) is 0 Å². The summed E-state index contributed by atoms with van der Waals surface area (Å²) in [7, 11) is 0. The van der Waals surface area contributed by atoms with Gasteiger partial charge in [-0.3, -0.25) is 9.80 Å². The first-order valence-corrected chi connectivity index (χ1v) is 9.18. The highest BCUT2D eigenvalue weighted by atomic mass is 32.1. The third-order valence-electron chi connectivity index (χ3n) is 5.00. The molecule has 4 heteroatoms. The van der Waals surface area contributed by atoms with Crippen molar-refractivity contribution in [3.8, 4) is 0 Å². The molecule has 0 spiro atoms. The predicted molar refractivity (Wildman–Crippen MR) is 90.8 cm³/mol. The first-order valence-electron chi connectivity index (χ1n) is 8.24. The fourth-order valence-electron chi connectivity index (χ4n) is 3.96. The van der Waals surface area contributed by atoms with Gasteiger partial charge >= 0.3 is 0 Å². The van der Waals surface area contributed by atoms with Crippen molar-refractivity contribution in [2.24, 2.45) is 5.92 Å². The number of rotatable bonds is 4. The second-order valence-electron chi connectivity index (χ2n) is 6.69. The van der Waals surface area contributed by atoms with Crippen LogP contribution in [-0.4, -0.2) is 40.5 Å². The molecule has 0 amide bonds. The second kappa shape index (κ2) is 6.49. The number of hydrogen-bond acceptors (Lipinski definition) is 4. The molecule has 3 saturated heterocycles. The predicted octanol–water partition coefficient (Wildman–Crippen LogP) is 3.24. The molecule has 3 aliphatic rings. The van der Waals surface area contributed by atoms with Gasteiger partial charge in [0, 0.05) is 44.1 Å². The van der Waals surface area contributed by atoms with E-state index in [2.05, 4.69) is 50.5 Å². The fraction of sp³-hybridized carbons (Fsp3) is 0.500. The topological polar surface area (TPSA) is 19.4 Å². The van der Waals surface area contributed by atoms with E-state index in [4.69, 9.17) is 0 Å². The van der Waals surface area contributed by atoms with Crippen LogP contribution in [0.4, 0.5) is 0 Å². The summed E-state index contributed by atoms with van der Waals surface area (Å²) < 4.78 is 0. The number of benzene rings is 1. The zero-order valence-electron chi connectivity index (χ0n) is 12.9. The number of aromatic nitrogens is 1. The van der Waals surface area contributed by atoms with E-state index in [0.29, 0.717) is 6.04 Å². The smallest absolute Gasteiger partial charge is 0.0795 e. The molecule has 3 fully saturated rings. The number of fused-ring (bicyclic) bond motifs is 4. The normalized spacial score (nSPS) is 26.2. The van der Waals surface area contributed by atoms with Gasteiger partial charge in [-0.25, -0.2) is 4.98 Å². The van der Waals surface area contributed by atoms with Crippen molar-refractivity contribution < 1.29 is 0 Å². The number of thiazole rings is 1. The molecule has 116 valence electrons. The highest BCUT2D eigenvalue weighted by Gasteiger charge is 2.34. The van der Waals surface area contributed by atoms with Gasteiger partial charge < -0.3 is 0 Å². The summed E-state index contributed by atoms with van der Waals surface area (Å²) in [6.07, 6.45) is 2.74. The fourth-order valence-corrected chi connectivity index (χ4v) is 4.51. The highest BCUT2D eigenvalue weighted by molar-refractivity contribution is 7.07. The zero-order chi connectivity index (χ0) is 14.8. The Labute approximate surface area is 136 Å². The van der Waals surface area contributed by atoms with Crippen LogP contribution in [0.25, 0.3) is 0 Å². The molecule has 1 aromatic heterocycles. The molecular formula is C18H23N3S. The third-order valence-corrected chi connectivity index (χ3v) is 5.64. The summed E-state index contributed by atoms with van der Waals surface area (Å²) in [6.45, 7) is 5.82. The van der Waals surface area contributed by atoms with Crippen molar-refractivity contribution in [1.82, 2.24) is 14.8 Å². The number of nitrogens with zero attached hydrogens (tertiary/aromatic N) is 3. The molecular weight excluding hydrogens is 290 g/mol. The van der Waals surface area contributed by atoms with Gasteiger partial charge in [0.1, 0.15) is 0 Å². The molecule has 2 aromatic rings.